The van der Waals surface area contributed by atoms with Crippen LogP contribution in [0.25, 0.3) is 10.9 Å². The van der Waals surface area contributed by atoms with Crippen LogP contribution in [0.2, 0.25) is 0 Å². The summed E-state index contributed by atoms with van der Waals surface area (Å²) < 4.78 is 5.31. The Morgan fingerprint density at radius 1 is 1.33 bits per heavy atom. The summed E-state index contributed by atoms with van der Waals surface area (Å²) in [5, 5.41) is 7.05. The number of hydrogen-bond acceptors (Lipinski definition) is 3. The largest absolute Gasteiger partial charge is 0.496 e. The summed E-state index contributed by atoms with van der Waals surface area (Å²) in [6.45, 7) is 1.46. The number of nitrogens with one attached hydrogen (secondary N) is 3. The van der Waals surface area contributed by atoms with E-state index in [4.69, 9.17) is 4.74 Å². The first kappa shape index (κ1) is 11.1. The van der Waals surface area contributed by atoms with Crippen LogP contribution in [0.4, 0.5) is 0 Å². The van der Waals surface area contributed by atoms with E-state index in [-0.39, 0.29) is 11.9 Å². The lowest BCUT2D eigenvalue weighted by Gasteiger charge is -2.22. The number of rotatable bonds is 2. The van der Waals surface area contributed by atoms with Gasteiger partial charge in [0.1, 0.15) is 11.8 Å². The summed E-state index contributed by atoms with van der Waals surface area (Å²) in [6, 6.07) is 7.47. The van der Waals surface area contributed by atoms with Crippen molar-refractivity contribution in [3.8, 4) is 5.75 Å². The van der Waals surface area contributed by atoms with E-state index in [2.05, 4.69) is 15.6 Å². The molecule has 0 saturated carbocycles. The highest BCUT2D eigenvalue weighted by Gasteiger charge is 2.25. The molecule has 1 aliphatic rings. The summed E-state index contributed by atoms with van der Waals surface area (Å²) >= 11 is 0. The Kier molecular flexibility index (Phi) is 2.68. The van der Waals surface area contributed by atoms with Crippen LogP contribution in [-0.2, 0) is 4.79 Å². The fourth-order valence-electron chi connectivity index (χ4n) is 2.33. The zero-order chi connectivity index (χ0) is 12.5. The van der Waals surface area contributed by atoms with Crippen LogP contribution < -0.4 is 15.4 Å². The van der Waals surface area contributed by atoms with Crippen LogP contribution in [0.3, 0.4) is 0 Å². The number of hydrogen-bond donors (Lipinski definition) is 3. The number of aromatic amines is 1. The maximum Gasteiger partial charge on any atom is 0.243 e. The number of benzene rings is 1. The minimum absolute atomic E-state index is 0.00627. The predicted octanol–water partition coefficient (Wildman–Crippen LogP) is 0.937. The van der Waals surface area contributed by atoms with E-state index in [1.807, 2.05) is 24.3 Å². The third kappa shape index (κ3) is 1.73. The summed E-state index contributed by atoms with van der Waals surface area (Å²) in [5.41, 5.74) is 1.84. The Morgan fingerprint density at radius 3 is 3.00 bits per heavy atom. The highest BCUT2D eigenvalue weighted by molar-refractivity contribution is 5.90. The van der Waals surface area contributed by atoms with Gasteiger partial charge in [0.15, 0.2) is 0 Å². The molecule has 5 nitrogen and oxygen atoms in total. The summed E-state index contributed by atoms with van der Waals surface area (Å²) in [4.78, 5) is 15.1. The molecule has 0 aliphatic carbocycles. The van der Waals surface area contributed by atoms with Gasteiger partial charge in [-0.05, 0) is 18.2 Å². The number of fused-ring (bicyclic) bond motifs is 1. The number of aromatic nitrogens is 1. The first-order valence-corrected chi connectivity index (χ1v) is 5.96. The lowest BCUT2D eigenvalue weighted by Crippen LogP contribution is -2.47. The molecule has 1 aromatic heterocycles. The van der Waals surface area contributed by atoms with Crippen LogP contribution in [-0.4, -0.2) is 31.1 Å². The number of H-pyrrole nitrogens is 1. The highest BCUT2D eigenvalue weighted by atomic mass is 16.5. The average Bonchev–Trinajstić information content (AvgIpc) is 2.82. The van der Waals surface area contributed by atoms with Gasteiger partial charge in [-0.3, -0.25) is 10.1 Å². The zero-order valence-electron chi connectivity index (χ0n) is 10.1. The van der Waals surface area contributed by atoms with Gasteiger partial charge >= 0.3 is 0 Å². The molecule has 5 heteroatoms. The molecule has 3 N–H and O–H groups in total. The number of carbonyl (C=O) groups excluding carboxylic acids is 1. The Balaban J connectivity index is 2.05. The molecule has 1 aromatic carbocycles. The van der Waals surface area contributed by atoms with E-state index in [0.29, 0.717) is 6.54 Å². The second kappa shape index (κ2) is 4.34. The standard InChI is InChI=1S/C13H15N3O2/c1-18-11-4-2-3-9-8(11)7-10(16-9)12-13(17)15-6-5-14-12/h2-4,7,12,14,16H,5-6H2,1H3,(H,15,17). The van der Waals surface area contributed by atoms with E-state index in [0.717, 1.165) is 28.9 Å². The number of piperazine rings is 1. The maximum atomic E-state index is 11.8. The molecule has 1 saturated heterocycles. The minimum atomic E-state index is -0.309. The van der Waals surface area contributed by atoms with Crippen molar-refractivity contribution in [2.45, 2.75) is 6.04 Å². The first-order valence-electron chi connectivity index (χ1n) is 5.96. The van der Waals surface area contributed by atoms with Gasteiger partial charge in [-0.15, -0.1) is 0 Å². The van der Waals surface area contributed by atoms with Gasteiger partial charge in [0, 0.05) is 29.7 Å². The van der Waals surface area contributed by atoms with Gasteiger partial charge in [-0.2, -0.15) is 0 Å². The van der Waals surface area contributed by atoms with E-state index in [9.17, 15) is 4.79 Å². The summed E-state index contributed by atoms with van der Waals surface area (Å²) in [6.07, 6.45) is 0. The molecular weight excluding hydrogens is 230 g/mol. The molecule has 1 unspecified atom stereocenters. The molecule has 1 atom stereocenters. The zero-order valence-corrected chi connectivity index (χ0v) is 10.1. The minimum Gasteiger partial charge on any atom is -0.496 e. The third-order valence-corrected chi connectivity index (χ3v) is 3.21. The molecule has 18 heavy (non-hydrogen) atoms. The second-order valence-electron chi connectivity index (χ2n) is 4.32. The normalized spacial score (nSPS) is 19.8. The lowest BCUT2D eigenvalue weighted by molar-refractivity contribution is -0.124. The molecule has 94 valence electrons. The molecule has 2 heterocycles. The molecule has 1 amide bonds. The van der Waals surface area contributed by atoms with Crippen molar-refractivity contribution in [2.24, 2.45) is 0 Å². The lowest BCUT2D eigenvalue weighted by atomic mass is 10.1. The van der Waals surface area contributed by atoms with Crippen molar-refractivity contribution in [1.82, 2.24) is 15.6 Å². The van der Waals surface area contributed by atoms with Crippen LogP contribution in [0, 0.1) is 0 Å². The summed E-state index contributed by atoms with van der Waals surface area (Å²) in [5.74, 6) is 0.818. The van der Waals surface area contributed by atoms with E-state index in [1.54, 1.807) is 7.11 Å². The molecule has 1 aliphatic heterocycles. The third-order valence-electron chi connectivity index (χ3n) is 3.21. The Morgan fingerprint density at radius 2 is 2.22 bits per heavy atom. The van der Waals surface area contributed by atoms with Gasteiger partial charge in [0.2, 0.25) is 5.91 Å². The number of carbonyl (C=O) groups is 1. The number of methoxy groups -OCH3 is 1. The van der Waals surface area contributed by atoms with Gasteiger partial charge in [-0.25, -0.2) is 0 Å². The fraction of sp³-hybridized carbons (Fsp3) is 0.308. The maximum absolute atomic E-state index is 11.8. The summed E-state index contributed by atoms with van der Waals surface area (Å²) in [7, 11) is 1.65. The SMILES string of the molecule is COc1cccc2[nH]c(C3NCCNC3=O)cc12. The fourth-order valence-corrected chi connectivity index (χ4v) is 2.33. The van der Waals surface area contributed by atoms with Crippen molar-refractivity contribution in [2.75, 3.05) is 20.2 Å². The van der Waals surface area contributed by atoms with Gasteiger partial charge in [0.25, 0.3) is 0 Å². The van der Waals surface area contributed by atoms with Gasteiger partial charge in [-0.1, -0.05) is 6.07 Å². The van der Waals surface area contributed by atoms with Crippen LogP contribution in [0.5, 0.6) is 5.75 Å². The molecular formula is C13H15N3O2. The van der Waals surface area contributed by atoms with Gasteiger partial charge in [0.05, 0.1) is 7.11 Å². The van der Waals surface area contributed by atoms with E-state index < -0.39 is 0 Å². The van der Waals surface area contributed by atoms with Crippen LogP contribution >= 0.6 is 0 Å². The van der Waals surface area contributed by atoms with E-state index in [1.165, 1.54) is 0 Å². The topological polar surface area (TPSA) is 66.2 Å². The van der Waals surface area contributed by atoms with Crippen molar-refractivity contribution >= 4 is 16.8 Å². The Labute approximate surface area is 105 Å². The molecule has 3 rings (SSSR count). The smallest absolute Gasteiger partial charge is 0.243 e. The molecule has 1 fully saturated rings. The van der Waals surface area contributed by atoms with Crippen LogP contribution in [0.1, 0.15) is 11.7 Å². The average molecular weight is 245 g/mol. The van der Waals surface area contributed by atoms with Crippen LogP contribution in [0.15, 0.2) is 24.3 Å². The number of ether oxygens (including phenoxy) is 1. The molecule has 2 aromatic rings. The molecule has 0 spiro atoms. The molecule has 0 bridgehead atoms. The van der Waals surface area contributed by atoms with Crippen molar-refractivity contribution in [3.63, 3.8) is 0 Å². The monoisotopic (exact) mass is 245 g/mol. The Bertz CT molecular complexity index is 591. The highest BCUT2D eigenvalue weighted by Crippen LogP contribution is 2.28. The second-order valence-corrected chi connectivity index (χ2v) is 4.32. The first-order chi connectivity index (χ1) is 8.79. The van der Waals surface area contributed by atoms with Crippen molar-refractivity contribution in [1.29, 1.82) is 0 Å². The van der Waals surface area contributed by atoms with Crippen molar-refractivity contribution < 1.29 is 9.53 Å². The number of amides is 1. The predicted molar refractivity (Wildman–Crippen MR) is 68.6 cm³/mol. The Hall–Kier alpha value is -2.01. The van der Waals surface area contributed by atoms with E-state index >= 15 is 0 Å². The molecule has 0 radical (unpaired) electrons. The quantitative estimate of drug-likeness (QED) is 0.737. The van der Waals surface area contributed by atoms with Crippen molar-refractivity contribution in [3.05, 3.63) is 30.0 Å². The van der Waals surface area contributed by atoms with Gasteiger partial charge < -0.3 is 15.0 Å².